The number of hydrogen-bond donors (Lipinski definition) is 1. The summed E-state index contributed by atoms with van der Waals surface area (Å²) in [5, 5.41) is 3.50. The van der Waals surface area contributed by atoms with Crippen molar-refractivity contribution in [3.63, 3.8) is 0 Å². The van der Waals surface area contributed by atoms with E-state index < -0.39 is 0 Å². The van der Waals surface area contributed by atoms with Crippen molar-refractivity contribution in [1.82, 2.24) is 15.2 Å². The minimum atomic E-state index is -0.331. The zero-order valence-electron chi connectivity index (χ0n) is 16.9. The van der Waals surface area contributed by atoms with Crippen molar-refractivity contribution in [2.75, 3.05) is 37.3 Å². The number of likely N-dealkylation sites (N-methyl/N-ethyl adjacent to an activating group) is 1. The molecule has 2 heterocycles. The summed E-state index contributed by atoms with van der Waals surface area (Å²) in [5.41, 5.74) is 2.02. The Bertz CT molecular complexity index is 922. The summed E-state index contributed by atoms with van der Waals surface area (Å²) in [6.07, 6.45) is 0. The second-order valence-corrected chi connectivity index (χ2v) is 8.21. The van der Waals surface area contributed by atoms with Crippen LogP contribution in [0, 0.1) is 12.7 Å². The third-order valence-corrected chi connectivity index (χ3v) is 5.66. The smallest absolute Gasteiger partial charge is 0.254 e. The number of anilines is 1. The number of aryl methyl sites for hydroxylation is 1. The van der Waals surface area contributed by atoms with Crippen LogP contribution >= 0.6 is 11.8 Å². The van der Waals surface area contributed by atoms with E-state index in [0.717, 1.165) is 11.3 Å². The molecule has 1 saturated heterocycles. The second kappa shape index (κ2) is 9.26. The predicted octanol–water partition coefficient (Wildman–Crippen LogP) is 2.85. The van der Waals surface area contributed by atoms with Gasteiger partial charge in [-0.25, -0.2) is 9.37 Å². The van der Waals surface area contributed by atoms with E-state index in [4.69, 9.17) is 4.98 Å². The van der Waals surface area contributed by atoms with Gasteiger partial charge in [-0.2, -0.15) is 0 Å². The normalized spacial score (nSPS) is 14.3. The molecule has 1 aliphatic heterocycles. The summed E-state index contributed by atoms with van der Waals surface area (Å²) < 4.78 is 13.4. The van der Waals surface area contributed by atoms with Crippen LogP contribution in [0.1, 0.15) is 28.4 Å². The van der Waals surface area contributed by atoms with Gasteiger partial charge in [0.15, 0.2) is 0 Å². The third kappa shape index (κ3) is 5.06. The fourth-order valence-electron chi connectivity index (χ4n) is 3.18. The molecule has 0 bridgehead atoms. The number of pyridine rings is 1. The highest BCUT2D eigenvalue weighted by atomic mass is 32.2. The van der Waals surface area contributed by atoms with Crippen molar-refractivity contribution in [3.8, 4) is 0 Å². The summed E-state index contributed by atoms with van der Waals surface area (Å²) >= 11 is 1.49. The average Bonchev–Trinajstić information content (AvgIpc) is 2.68. The van der Waals surface area contributed by atoms with Gasteiger partial charge in [0.1, 0.15) is 16.7 Å². The SMILES string of the molecule is CCSc1nc(N2CCN(C)C(=O)C2)cc(C)c1C(=O)NCc1cccc(F)c1. The van der Waals surface area contributed by atoms with Crippen LogP contribution < -0.4 is 10.2 Å². The van der Waals surface area contributed by atoms with E-state index in [1.807, 2.05) is 24.8 Å². The van der Waals surface area contributed by atoms with Gasteiger partial charge in [0.25, 0.3) is 5.91 Å². The first-order valence-corrected chi connectivity index (χ1v) is 10.5. The van der Waals surface area contributed by atoms with Crippen molar-refractivity contribution >= 4 is 29.4 Å². The minimum absolute atomic E-state index is 0.0531. The zero-order chi connectivity index (χ0) is 21.0. The molecule has 1 N–H and O–H groups in total. The average molecular weight is 417 g/mol. The molecule has 8 heteroatoms. The molecule has 1 aromatic carbocycles. The van der Waals surface area contributed by atoms with E-state index >= 15 is 0 Å². The van der Waals surface area contributed by atoms with Crippen molar-refractivity contribution in [2.45, 2.75) is 25.4 Å². The first kappa shape index (κ1) is 21.1. The maximum Gasteiger partial charge on any atom is 0.254 e. The number of hydrogen-bond acceptors (Lipinski definition) is 5. The highest BCUT2D eigenvalue weighted by Gasteiger charge is 2.25. The monoisotopic (exact) mass is 416 g/mol. The van der Waals surface area contributed by atoms with E-state index in [1.165, 1.54) is 23.9 Å². The number of carbonyl (C=O) groups is 2. The van der Waals surface area contributed by atoms with Crippen LogP contribution in [0.5, 0.6) is 0 Å². The standard InChI is InChI=1S/C21H25FN4O2S/c1-4-29-21-19(20(28)23-12-15-6-5-7-16(22)11-15)14(2)10-17(24-21)26-9-8-25(3)18(27)13-26/h5-7,10-11H,4,8-9,12-13H2,1-3H3,(H,23,28). The fourth-order valence-corrected chi connectivity index (χ4v) is 4.01. The number of benzene rings is 1. The van der Waals surface area contributed by atoms with E-state index in [9.17, 15) is 14.0 Å². The van der Waals surface area contributed by atoms with Crippen LogP contribution in [-0.2, 0) is 11.3 Å². The number of carbonyl (C=O) groups excluding carboxylic acids is 2. The molecular formula is C21H25FN4O2S. The lowest BCUT2D eigenvalue weighted by molar-refractivity contribution is -0.129. The van der Waals surface area contributed by atoms with Crippen LogP contribution in [0.2, 0.25) is 0 Å². The predicted molar refractivity (Wildman–Crippen MR) is 113 cm³/mol. The van der Waals surface area contributed by atoms with Gasteiger partial charge in [0.2, 0.25) is 5.91 Å². The maximum absolute atomic E-state index is 13.4. The van der Waals surface area contributed by atoms with Crippen molar-refractivity contribution < 1.29 is 14.0 Å². The lowest BCUT2D eigenvalue weighted by Gasteiger charge is -2.33. The number of thioether (sulfide) groups is 1. The molecule has 29 heavy (non-hydrogen) atoms. The van der Waals surface area contributed by atoms with E-state index in [1.54, 1.807) is 24.1 Å². The molecule has 0 unspecified atom stereocenters. The molecular weight excluding hydrogens is 391 g/mol. The Morgan fingerprint density at radius 1 is 1.31 bits per heavy atom. The molecule has 2 aromatic rings. The number of nitrogens with one attached hydrogen (secondary N) is 1. The van der Waals surface area contributed by atoms with Crippen LogP contribution in [0.15, 0.2) is 35.4 Å². The Labute approximate surface area is 174 Å². The molecule has 0 spiro atoms. The number of aromatic nitrogens is 1. The maximum atomic E-state index is 13.4. The number of piperazine rings is 1. The molecule has 0 radical (unpaired) electrons. The molecule has 1 fully saturated rings. The van der Waals surface area contributed by atoms with Crippen LogP contribution in [0.25, 0.3) is 0 Å². The zero-order valence-corrected chi connectivity index (χ0v) is 17.7. The molecule has 1 aromatic heterocycles. The summed E-state index contributed by atoms with van der Waals surface area (Å²) in [6, 6.07) is 8.02. The highest BCUT2D eigenvalue weighted by Crippen LogP contribution is 2.28. The Balaban J connectivity index is 1.82. The molecule has 2 amide bonds. The Morgan fingerprint density at radius 3 is 2.79 bits per heavy atom. The van der Waals surface area contributed by atoms with Gasteiger partial charge >= 0.3 is 0 Å². The van der Waals surface area contributed by atoms with Gasteiger partial charge in [0.05, 0.1) is 12.1 Å². The number of halogens is 1. The topological polar surface area (TPSA) is 65.5 Å². The van der Waals surface area contributed by atoms with Crippen LogP contribution in [0.4, 0.5) is 10.2 Å². The number of rotatable bonds is 6. The van der Waals surface area contributed by atoms with Crippen LogP contribution in [-0.4, -0.2) is 54.1 Å². The summed E-state index contributed by atoms with van der Waals surface area (Å²) in [5.74, 6) is 0.958. The van der Waals surface area contributed by atoms with E-state index in [0.29, 0.717) is 35.1 Å². The van der Waals surface area contributed by atoms with Gasteiger partial charge < -0.3 is 15.1 Å². The van der Waals surface area contributed by atoms with Gasteiger partial charge in [-0.3, -0.25) is 9.59 Å². The minimum Gasteiger partial charge on any atom is -0.348 e. The molecule has 6 nitrogen and oxygen atoms in total. The quantitative estimate of drug-likeness (QED) is 0.734. The summed E-state index contributed by atoms with van der Waals surface area (Å²) in [4.78, 5) is 33.3. The first-order chi connectivity index (χ1) is 13.9. The number of amides is 2. The largest absolute Gasteiger partial charge is 0.348 e. The van der Waals surface area contributed by atoms with Crippen LogP contribution in [0.3, 0.4) is 0 Å². The Kier molecular flexibility index (Phi) is 6.74. The lowest BCUT2D eigenvalue weighted by atomic mass is 10.1. The first-order valence-electron chi connectivity index (χ1n) is 9.55. The molecule has 154 valence electrons. The molecule has 3 rings (SSSR count). The van der Waals surface area contributed by atoms with E-state index in [-0.39, 0.29) is 30.7 Å². The lowest BCUT2D eigenvalue weighted by Crippen LogP contribution is -2.49. The summed E-state index contributed by atoms with van der Waals surface area (Å²) in [7, 11) is 1.79. The van der Waals surface area contributed by atoms with Gasteiger partial charge in [-0.15, -0.1) is 11.8 Å². The van der Waals surface area contributed by atoms with Crippen molar-refractivity contribution in [2.24, 2.45) is 0 Å². The molecule has 0 saturated carbocycles. The fraction of sp³-hybridized carbons (Fsp3) is 0.381. The van der Waals surface area contributed by atoms with Crippen molar-refractivity contribution in [3.05, 3.63) is 52.8 Å². The van der Waals surface area contributed by atoms with Crippen molar-refractivity contribution in [1.29, 1.82) is 0 Å². The Morgan fingerprint density at radius 2 is 2.10 bits per heavy atom. The van der Waals surface area contributed by atoms with Gasteiger partial charge in [-0.05, 0) is 42.0 Å². The second-order valence-electron chi connectivity index (χ2n) is 6.96. The molecule has 1 aliphatic rings. The molecule has 0 aliphatic carbocycles. The third-order valence-electron chi connectivity index (χ3n) is 4.80. The highest BCUT2D eigenvalue weighted by molar-refractivity contribution is 7.99. The van der Waals surface area contributed by atoms with Gasteiger partial charge in [0, 0.05) is 26.7 Å². The molecule has 0 atom stereocenters. The Hall–Kier alpha value is -2.61. The van der Waals surface area contributed by atoms with E-state index in [2.05, 4.69) is 5.32 Å². The summed E-state index contributed by atoms with van der Waals surface area (Å²) in [6.45, 7) is 5.75. The van der Waals surface area contributed by atoms with Gasteiger partial charge in [-0.1, -0.05) is 19.1 Å². The number of nitrogens with zero attached hydrogens (tertiary/aromatic N) is 3.